The van der Waals surface area contributed by atoms with Gasteiger partial charge >= 0.3 is 0 Å². The quantitative estimate of drug-likeness (QED) is 0.727. The van der Waals surface area contributed by atoms with Gasteiger partial charge in [0.15, 0.2) is 0 Å². The van der Waals surface area contributed by atoms with Crippen molar-refractivity contribution in [3.63, 3.8) is 0 Å². The topological polar surface area (TPSA) is 9.23 Å². The van der Waals surface area contributed by atoms with Crippen molar-refractivity contribution in [2.75, 3.05) is 6.61 Å². The van der Waals surface area contributed by atoms with Crippen LogP contribution in [0.1, 0.15) is 39.0 Å². The first-order valence-electron chi connectivity index (χ1n) is 7.83. The number of unbranched alkanes of at least 4 members (excludes halogenated alkanes) is 1. The second-order valence-electron chi connectivity index (χ2n) is 6.39. The van der Waals surface area contributed by atoms with Gasteiger partial charge in [0.1, 0.15) is 0 Å². The zero-order chi connectivity index (χ0) is 13.7. The zero-order valence-corrected chi connectivity index (χ0v) is 13.7. The molecule has 0 amide bonds. The molecule has 0 radical (unpaired) electrons. The molecule has 2 heteroatoms. The number of hydrogen-bond acceptors (Lipinski definition) is 1. The van der Waals surface area contributed by atoms with Crippen LogP contribution in [0.15, 0.2) is 30.3 Å². The standard InChI is InChI=1S/C17H28OSi/c1-4-5-12-16-17(13-9-14-18-16)19(2,3)15-10-7-6-8-11-15/h6-8,10-11,16-17H,4-5,9,12-14H2,1-3H3/t16-,17+/m1/s1. The molecule has 0 aromatic heterocycles. The lowest BCUT2D eigenvalue weighted by Crippen LogP contribution is -2.51. The molecule has 0 saturated carbocycles. The van der Waals surface area contributed by atoms with Gasteiger partial charge in [0, 0.05) is 6.61 Å². The molecule has 0 bridgehead atoms. The molecule has 19 heavy (non-hydrogen) atoms. The minimum Gasteiger partial charge on any atom is -0.378 e. The maximum atomic E-state index is 6.14. The van der Waals surface area contributed by atoms with Crippen molar-refractivity contribution in [1.29, 1.82) is 0 Å². The third-order valence-electron chi connectivity index (χ3n) is 4.73. The van der Waals surface area contributed by atoms with Gasteiger partial charge in [-0.15, -0.1) is 0 Å². The van der Waals surface area contributed by atoms with Gasteiger partial charge in [-0.05, 0) is 24.8 Å². The van der Waals surface area contributed by atoms with E-state index >= 15 is 0 Å². The maximum Gasteiger partial charge on any atom is 0.0862 e. The van der Waals surface area contributed by atoms with Crippen molar-refractivity contribution in [1.82, 2.24) is 0 Å². The summed E-state index contributed by atoms with van der Waals surface area (Å²) in [5.74, 6) is 0. The summed E-state index contributed by atoms with van der Waals surface area (Å²) in [6, 6.07) is 11.2. The third kappa shape index (κ3) is 3.49. The van der Waals surface area contributed by atoms with Gasteiger partial charge < -0.3 is 4.74 Å². The van der Waals surface area contributed by atoms with Crippen LogP contribution in [0.2, 0.25) is 18.6 Å². The molecule has 1 saturated heterocycles. The van der Waals surface area contributed by atoms with E-state index in [4.69, 9.17) is 4.74 Å². The Morgan fingerprint density at radius 3 is 2.63 bits per heavy atom. The summed E-state index contributed by atoms with van der Waals surface area (Å²) in [5.41, 5.74) is 0.787. The summed E-state index contributed by atoms with van der Waals surface area (Å²) in [4.78, 5) is 0. The van der Waals surface area contributed by atoms with Crippen molar-refractivity contribution in [2.45, 2.75) is 63.8 Å². The minimum absolute atomic E-state index is 0.510. The molecule has 1 aromatic rings. The van der Waals surface area contributed by atoms with Crippen molar-refractivity contribution >= 4 is 13.3 Å². The monoisotopic (exact) mass is 276 g/mol. The van der Waals surface area contributed by atoms with Gasteiger partial charge in [-0.2, -0.15) is 0 Å². The van der Waals surface area contributed by atoms with E-state index in [1.165, 1.54) is 32.1 Å². The molecule has 1 nitrogen and oxygen atoms in total. The fourth-order valence-corrected chi connectivity index (χ4v) is 7.04. The van der Waals surface area contributed by atoms with Gasteiger partial charge in [-0.3, -0.25) is 0 Å². The Labute approximate surface area is 119 Å². The molecule has 2 atom stereocenters. The number of benzene rings is 1. The zero-order valence-electron chi connectivity index (χ0n) is 12.7. The molecular weight excluding hydrogens is 248 g/mol. The number of ether oxygens (including phenoxy) is 1. The molecule has 0 N–H and O–H groups in total. The van der Waals surface area contributed by atoms with Gasteiger partial charge in [0.25, 0.3) is 0 Å². The molecule has 106 valence electrons. The van der Waals surface area contributed by atoms with Gasteiger partial charge in [-0.25, -0.2) is 0 Å². The van der Waals surface area contributed by atoms with Crippen LogP contribution < -0.4 is 5.19 Å². The lowest BCUT2D eigenvalue weighted by molar-refractivity contribution is 0.00875. The predicted molar refractivity (Wildman–Crippen MR) is 85.8 cm³/mol. The van der Waals surface area contributed by atoms with E-state index in [1.54, 1.807) is 5.19 Å². The van der Waals surface area contributed by atoms with E-state index in [1.807, 2.05) is 0 Å². The van der Waals surface area contributed by atoms with Crippen molar-refractivity contribution < 1.29 is 4.74 Å². The van der Waals surface area contributed by atoms with Gasteiger partial charge in [-0.1, -0.05) is 68.4 Å². The average Bonchev–Trinajstić information content (AvgIpc) is 2.46. The first-order chi connectivity index (χ1) is 9.16. The molecule has 1 aromatic carbocycles. The Hall–Kier alpha value is -0.603. The van der Waals surface area contributed by atoms with E-state index in [2.05, 4.69) is 50.3 Å². The summed E-state index contributed by atoms with van der Waals surface area (Å²) in [6.45, 7) is 8.31. The van der Waals surface area contributed by atoms with Crippen LogP contribution in [0.4, 0.5) is 0 Å². The Morgan fingerprint density at radius 1 is 1.21 bits per heavy atom. The summed E-state index contributed by atoms with van der Waals surface area (Å²) in [7, 11) is -1.42. The second kappa shape index (κ2) is 6.71. The smallest absolute Gasteiger partial charge is 0.0862 e. The van der Waals surface area contributed by atoms with Crippen LogP contribution in [0.5, 0.6) is 0 Å². The van der Waals surface area contributed by atoms with Gasteiger partial charge in [0.2, 0.25) is 0 Å². The lowest BCUT2D eigenvalue weighted by atomic mass is 10.0. The molecule has 2 rings (SSSR count). The Bertz CT molecular complexity index is 374. The van der Waals surface area contributed by atoms with E-state index < -0.39 is 8.07 Å². The summed E-state index contributed by atoms with van der Waals surface area (Å²) in [5, 5.41) is 1.59. The van der Waals surface area contributed by atoms with E-state index in [9.17, 15) is 0 Å². The fraction of sp³-hybridized carbons (Fsp3) is 0.647. The first kappa shape index (κ1) is 14.8. The van der Waals surface area contributed by atoms with Crippen LogP contribution in [0.25, 0.3) is 0 Å². The molecular formula is C17H28OSi. The average molecular weight is 276 g/mol. The maximum absolute atomic E-state index is 6.14. The molecule has 1 aliphatic rings. The number of hydrogen-bond donors (Lipinski definition) is 0. The van der Waals surface area contributed by atoms with Crippen molar-refractivity contribution in [3.05, 3.63) is 30.3 Å². The fourth-order valence-electron chi connectivity index (χ4n) is 3.44. The number of rotatable bonds is 5. The lowest BCUT2D eigenvalue weighted by Gasteiger charge is -2.41. The van der Waals surface area contributed by atoms with Gasteiger partial charge in [0.05, 0.1) is 14.2 Å². The molecule has 1 heterocycles. The van der Waals surface area contributed by atoms with Crippen molar-refractivity contribution in [2.24, 2.45) is 0 Å². The molecule has 1 fully saturated rings. The first-order valence-corrected chi connectivity index (χ1v) is 10.9. The van der Waals surface area contributed by atoms with E-state index in [-0.39, 0.29) is 0 Å². The summed E-state index contributed by atoms with van der Waals surface area (Å²) >= 11 is 0. The van der Waals surface area contributed by atoms with E-state index in [0.717, 1.165) is 12.1 Å². The third-order valence-corrected chi connectivity index (χ3v) is 9.06. The van der Waals surface area contributed by atoms with Crippen LogP contribution in [-0.2, 0) is 4.74 Å². The van der Waals surface area contributed by atoms with Crippen LogP contribution >= 0.6 is 0 Å². The molecule has 1 aliphatic heterocycles. The largest absolute Gasteiger partial charge is 0.378 e. The normalized spacial score (nSPS) is 24.4. The minimum atomic E-state index is -1.42. The molecule has 0 aliphatic carbocycles. The second-order valence-corrected chi connectivity index (χ2v) is 11.2. The van der Waals surface area contributed by atoms with Crippen molar-refractivity contribution in [3.8, 4) is 0 Å². The predicted octanol–water partition coefficient (Wildman–Crippen LogP) is 4.34. The highest BCUT2D eigenvalue weighted by Gasteiger charge is 2.40. The Balaban J connectivity index is 2.16. The van der Waals surface area contributed by atoms with Crippen LogP contribution in [0, 0.1) is 0 Å². The SMILES string of the molecule is CCCC[C@H]1OCCC[C@@H]1[Si](C)(C)c1ccccc1. The highest BCUT2D eigenvalue weighted by atomic mass is 28.3. The Kier molecular flexibility index (Phi) is 5.23. The summed E-state index contributed by atoms with van der Waals surface area (Å²) in [6.07, 6.45) is 6.96. The van der Waals surface area contributed by atoms with Crippen LogP contribution in [0.3, 0.4) is 0 Å². The summed E-state index contributed by atoms with van der Waals surface area (Å²) < 4.78 is 6.14. The molecule has 0 unspecified atom stereocenters. The van der Waals surface area contributed by atoms with Crippen LogP contribution in [-0.4, -0.2) is 20.8 Å². The highest BCUT2D eigenvalue weighted by molar-refractivity contribution is 6.91. The molecule has 0 spiro atoms. The Morgan fingerprint density at radius 2 is 1.95 bits per heavy atom. The van der Waals surface area contributed by atoms with E-state index in [0.29, 0.717) is 6.10 Å². The highest BCUT2D eigenvalue weighted by Crippen LogP contribution is 2.37.